The molecule has 0 saturated carbocycles. The summed E-state index contributed by atoms with van der Waals surface area (Å²) in [6.07, 6.45) is 14.5. The third-order valence-electron chi connectivity index (χ3n) is 5.91. The van der Waals surface area contributed by atoms with E-state index < -0.39 is 35.4 Å². The molecular formula is C34H40NO8+. The third-order valence-corrected chi connectivity index (χ3v) is 5.91. The summed E-state index contributed by atoms with van der Waals surface area (Å²) >= 11 is 0. The number of carbonyl (C=O) groups excluding carboxylic acids is 3. The van der Waals surface area contributed by atoms with Gasteiger partial charge in [-0.15, -0.1) is 0 Å². The monoisotopic (exact) mass is 590 g/mol. The number of aliphatic hydroxyl groups is 1. The van der Waals surface area contributed by atoms with Crippen LogP contribution >= 0.6 is 0 Å². The van der Waals surface area contributed by atoms with Gasteiger partial charge in [0.1, 0.15) is 11.1 Å². The first-order chi connectivity index (χ1) is 19.7. The molecule has 9 nitrogen and oxygen atoms in total. The van der Waals surface area contributed by atoms with Crippen LogP contribution in [0.4, 0.5) is 0 Å². The first-order valence-corrected chi connectivity index (χ1v) is 13.3. The van der Waals surface area contributed by atoms with Crippen LogP contribution in [-0.2, 0) is 33.3 Å². The highest BCUT2D eigenvalue weighted by molar-refractivity contribution is 6.15. The van der Waals surface area contributed by atoms with Crippen LogP contribution in [0.3, 0.4) is 0 Å². The van der Waals surface area contributed by atoms with E-state index in [9.17, 15) is 19.5 Å². The van der Waals surface area contributed by atoms with Gasteiger partial charge in [-0.1, -0.05) is 56.0 Å². The molecule has 1 aromatic heterocycles. The predicted octanol–water partition coefficient (Wildman–Crippen LogP) is 6.02. The highest BCUT2D eigenvalue weighted by Gasteiger charge is 2.38. The number of para-hydroxylation sites is 1. The van der Waals surface area contributed by atoms with Crippen LogP contribution < -0.4 is 4.57 Å². The summed E-state index contributed by atoms with van der Waals surface area (Å²) in [4.78, 5) is 35.2. The molecule has 1 N–H and O–H groups in total. The minimum atomic E-state index is -1.28. The first-order valence-electron chi connectivity index (χ1n) is 13.3. The number of allylic oxidation sites excluding steroid dienone is 6. The van der Waals surface area contributed by atoms with Crippen molar-refractivity contribution in [3.8, 4) is 5.69 Å². The molecule has 2 aliphatic heterocycles. The molecular weight excluding hydrogens is 550 g/mol. The summed E-state index contributed by atoms with van der Waals surface area (Å²) in [6.45, 7) is 12.3. The highest BCUT2D eigenvalue weighted by Crippen LogP contribution is 2.26. The molecule has 1 saturated heterocycles. The second-order valence-corrected chi connectivity index (χ2v) is 10.5. The van der Waals surface area contributed by atoms with Crippen molar-refractivity contribution in [3.63, 3.8) is 0 Å². The van der Waals surface area contributed by atoms with E-state index in [4.69, 9.17) is 18.9 Å². The number of benzene rings is 1. The van der Waals surface area contributed by atoms with Gasteiger partial charge >= 0.3 is 17.9 Å². The number of esters is 3. The maximum atomic E-state index is 11.8. The SMILES string of the molecule is C.CC1(C)OC(=O)C(=C/C=C/C=C/C=C/C2=C(O)OC(C)(C)OC2=O)C(=O)O1.Cc1cc[n+](-c2c(C)cccc2C)cc1. The van der Waals surface area contributed by atoms with E-state index in [2.05, 4.69) is 68.1 Å². The third kappa shape index (κ3) is 9.56. The topological polar surface area (TPSA) is 112 Å². The van der Waals surface area contributed by atoms with Crippen molar-refractivity contribution in [2.75, 3.05) is 0 Å². The lowest BCUT2D eigenvalue weighted by atomic mass is 10.1. The Kier molecular flexibility index (Phi) is 11.4. The molecule has 0 atom stereocenters. The molecule has 0 spiro atoms. The van der Waals surface area contributed by atoms with Gasteiger partial charge in [0.05, 0.1) is 0 Å². The first kappa shape index (κ1) is 34.3. The Morgan fingerprint density at radius 2 is 1.19 bits per heavy atom. The van der Waals surface area contributed by atoms with Crippen LogP contribution in [-0.4, -0.2) is 34.6 Å². The van der Waals surface area contributed by atoms with E-state index in [-0.39, 0.29) is 18.6 Å². The normalized spacial score (nSPS) is 17.5. The number of aryl methyl sites for hydroxylation is 3. The second-order valence-electron chi connectivity index (χ2n) is 10.5. The van der Waals surface area contributed by atoms with Crippen LogP contribution in [0.25, 0.3) is 5.69 Å². The molecule has 4 rings (SSSR count). The van der Waals surface area contributed by atoms with Gasteiger partial charge in [-0.25, -0.2) is 14.4 Å². The molecule has 43 heavy (non-hydrogen) atoms. The number of hydrogen-bond acceptors (Lipinski definition) is 8. The van der Waals surface area contributed by atoms with Crippen molar-refractivity contribution in [1.82, 2.24) is 0 Å². The summed E-state index contributed by atoms with van der Waals surface area (Å²) in [6, 6.07) is 10.7. The number of aliphatic hydroxyl groups excluding tert-OH is 1. The van der Waals surface area contributed by atoms with Gasteiger partial charge in [-0.05, 0) is 38.5 Å². The van der Waals surface area contributed by atoms with E-state index in [1.807, 2.05) is 0 Å². The van der Waals surface area contributed by atoms with Crippen molar-refractivity contribution in [1.29, 1.82) is 0 Å². The largest absolute Gasteiger partial charge is 0.480 e. The van der Waals surface area contributed by atoms with Gasteiger partial charge in [0.15, 0.2) is 12.4 Å². The lowest BCUT2D eigenvalue weighted by Gasteiger charge is -2.29. The molecule has 0 aliphatic carbocycles. The summed E-state index contributed by atoms with van der Waals surface area (Å²) in [5.41, 5.74) is 4.87. The molecule has 0 amide bonds. The number of hydrogen-bond donors (Lipinski definition) is 1. The molecule has 0 bridgehead atoms. The summed E-state index contributed by atoms with van der Waals surface area (Å²) in [5, 5.41) is 9.72. The standard InChI is InChI=1S/C19H20O8.C14H16N.CH4/c1-18(2)24-14(20)12(15(21)25-18)10-8-6-5-7-9-11-13-16(22)26-19(3,4)27-17(13)23;1-11-7-9-15(10-8-11)14-12(2)5-4-6-13(14)3;/h5-11,20H,1-4H3;4-10H,1-3H3;1H4/q;+1;/b6-5+,9-7+,10-8+;;. The zero-order chi connectivity index (χ0) is 31.1. The van der Waals surface area contributed by atoms with Gasteiger partial charge in [-0.2, -0.15) is 4.57 Å². The van der Waals surface area contributed by atoms with Crippen molar-refractivity contribution < 1.29 is 43.0 Å². The van der Waals surface area contributed by atoms with Crippen molar-refractivity contribution in [2.24, 2.45) is 0 Å². The van der Waals surface area contributed by atoms with E-state index in [0.717, 1.165) is 0 Å². The lowest BCUT2D eigenvalue weighted by Crippen LogP contribution is -2.41. The van der Waals surface area contributed by atoms with Crippen LogP contribution in [0.2, 0.25) is 0 Å². The van der Waals surface area contributed by atoms with Crippen LogP contribution in [0.1, 0.15) is 51.8 Å². The van der Waals surface area contributed by atoms with Gasteiger partial charge < -0.3 is 24.1 Å². The molecule has 0 unspecified atom stereocenters. The minimum Gasteiger partial charge on any atom is -0.480 e. The summed E-state index contributed by atoms with van der Waals surface area (Å²) in [5.74, 6) is -5.23. The zero-order valence-corrected chi connectivity index (χ0v) is 24.8. The van der Waals surface area contributed by atoms with Crippen LogP contribution in [0, 0.1) is 20.8 Å². The number of nitrogens with zero attached hydrogens (tertiary/aromatic N) is 1. The average molecular weight is 591 g/mol. The fraction of sp³-hybridized carbons (Fsp3) is 0.294. The average Bonchev–Trinajstić information content (AvgIpc) is 2.86. The number of aromatic nitrogens is 1. The molecule has 2 aromatic rings. The maximum absolute atomic E-state index is 11.8. The van der Waals surface area contributed by atoms with E-state index >= 15 is 0 Å². The number of cyclic esters (lactones) is 3. The van der Waals surface area contributed by atoms with Gasteiger partial charge in [0, 0.05) is 51.0 Å². The van der Waals surface area contributed by atoms with E-state index in [1.54, 1.807) is 18.2 Å². The Morgan fingerprint density at radius 1 is 0.698 bits per heavy atom. The van der Waals surface area contributed by atoms with Crippen LogP contribution in [0.5, 0.6) is 0 Å². The Labute approximate surface area is 253 Å². The zero-order valence-electron chi connectivity index (χ0n) is 24.8. The number of carbonyl (C=O) groups is 3. The number of ether oxygens (including phenoxy) is 4. The Hall–Kier alpha value is -4.92. The molecule has 228 valence electrons. The van der Waals surface area contributed by atoms with Gasteiger partial charge in [0.2, 0.25) is 5.69 Å². The molecule has 1 fully saturated rings. The van der Waals surface area contributed by atoms with E-state index in [0.29, 0.717) is 0 Å². The van der Waals surface area contributed by atoms with Crippen molar-refractivity contribution in [3.05, 3.63) is 119 Å². The quantitative estimate of drug-likeness (QED) is 0.148. The fourth-order valence-electron chi connectivity index (χ4n) is 3.97. The Balaban J connectivity index is 0.000000340. The second kappa shape index (κ2) is 14.3. The fourth-order valence-corrected chi connectivity index (χ4v) is 3.97. The Morgan fingerprint density at radius 3 is 1.74 bits per heavy atom. The van der Waals surface area contributed by atoms with Crippen LogP contribution in [0.15, 0.2) is 102 Å². The lowest BCUT2D eigenvalue weighted by molar-refractivity contribution is -0.596. The maximum Gasteiger partial charge on any atom is 0.348 e. The molecule has 3 heterocycles. The smallest absolute Gasteiger partial charge is 0.348 e. The minimum absolute atomic E-state index is 0. The van der Waals surface area contributed by atoms with Crippen molar-refractivity contribution >= 4 is 17.9 Å². The molecule has 2 aliphatic rings. The molecule has 0 radical (unpaired) electrons. The van der Waals surface area contributed by atoms with Gasteiger partial charge in [-0.3, -0.25) is 0 Å². The highest BCUT2D eigenvalue weighted by atomic mass is 16.8. The van der Waals surface area contributed by atoms with E-state index in [1.165, 1.54) is 74.4 Å². The number of pyridine rings is 1. The van der Waals surface area contributed by atoms with Crippen molar-refractivity contribution in [2.45, 2.75) is 67.5 Å². The summed E-state index contributed by atoms with van der Waals surface area (Å²) < 4.78 is 22.1. The Bertz CT molecular complexity index is 1460. The number of rotatable bonds is 5. The van der Waals surface area contributed by atoms with Gasteiger partial charge in [0.25, 0.3) is 17.5 Å². The summed E-state index contributed by atoms with van der Waals surface area (Å²) in [7, 11) is 0. The molecule has 9 heteroatoms. The molecule has 1 aromatic carbocycles. The predicted molar refractivity (Wildman–Crippen MR) is 162 cm³/mol.